The minimum atomic E-state index is -0.975. The highest BCUT2D eigenvalue weighted by atomic mass is 16.1. The first-order chi connectivity index (χ1) is 14.0. The number of imidazole rings is 1. The summed E-state index contributed by atoms with van der Waals surface area (Å²) in [5, 5.41) is 9.57. The number of fused-ring (bicyclic) bond motifs is 1. The highest BCUT2D eigenvalue weighted by Crippen LogP contribution is 2.23. The van der Waals surface area contributed by atoms with Crippen molar-refractivity contribution in [1.82, 2.24) is 9.55 Å². The Morgan fingerprint density at radius 2 is 1.83 bits per heavy atom. The fourth-order valence-corrected chi connectivity index (χ4v) is 3.46. The molecule has 0 amide bonds. The van der Waals surface area contributed by atoms with Crippen LogP contribution in [0.4, 0.5) is 0 Å². The van der Waals surface area contributed by atoms with Crippen LogP contribution in [0.2, 0.25) is 0 Å². The summed E-state index contributed by atoms with van der Waals surface area (Å²) in [4.78, 5) is 29.6. The molecule has 1 atom stereocenters. The van der Waals surface area contributed by atoms with Gasteiger partial charge in [0.05, 0.1) is 17.1 Å². The van der Waals surface area contributed by atoms with Gasteiger partial charge in [-0.3, -0.25) is 9.59 Å². The number of benzene rings is 2. The third-order valence-electron chi connectivity index (χ3n) is 5.22. The van der Waals surface area contributed by atoms with E-state index >= 15 is 0 Å². The number of para-hydroxylation sites is 2. The number of ketones is 2. The summed E-state index contributed by atoms with van der Waals surface area (Å²) in [6.07, 6.45) is 3.38. The van der Waals surface area contributed by atoms with Crippen molar-refractivity contribution in [2.45, 2.75) is 44.9 Å². The van der Waals surface area contributed by atoms with Gasteiger partial charge in [0.1, 0.15) is 5.82 Å². The highest BCUT2D eigenvalue weighted by Gasteiger charge is 2.26. The number of hydrogen-bond donors (Lipinski definition) is 0. The number of nitrogens with zero attached hydrogens (tertiary/aromatic N) is 3. The van der Waals surface area contributed by atoms with Crippen LogP contribution < -0.4 is 0 Å². The summed E-state index contributed by atoms with van der Waals surface area (Å²) in [6, 6.07) is 17.2. The minimum Gasteiger partial charge on any atom is -0.330 e. The second-order valence-electron chi connectivity index (χ2n) is 7.27. The molecule has 2 aromatic carbocycles. The van der Waals surface area contributed by atoms with Gasteiger partial charge in [-0.1, -0.05) is 49.7 Å². The smallest absolute Gasteiger partial charge is 0.163 e. The molecule has 0 aliphatic rings. The first-order valence-electron chi connectivity index (χ1n) is 10.0. The van der Waals surface area contributed by atoms with Crippen molar-refractivity contribution in [3.8, 4) is 6.07 Å². The number of nitriles is 1. The van der Waals surface area contributed by atoms with Crippen LogP contribution in [-0.2, 0) is 18.3 Å². The van der Waals surface area contributed by atoms with E-state index in [9.17, 15) is 14.9 Å². The number of unbranched alkanes of at least 4 members (excludes halogenated alkanes) is 1. The highest BCUT2D eigenvalue weighted by molar-refractivity contribution is 5.99. The van der Waals surface area contributed by atoms with Crippen molar-refractivity contribution in [1.29, 1.82) is 5.26 Å². The Kier molecular flexibility index (Phi) is 6.56. The monoisotopic (exact) mass is 387 g/mol. The molecule has 0 fully saturated rings. The summed E-state index contributed by atoms with van der Waals surface area (Å²) >= 11 is 0. The molecule has 3 rings (SSSR count). The third kappa shape index (κ3) is 4.60. The number of aryl methyl sites for hydroxylation is 2. The van der Waals surface area contributed by atoms with Crippen molar-refractivity contribution >= 4 is 22.6 Å². The van der Waals surface area contributed by atoms with Crippen LogP contribution >= 0.6 is 0 Å². The molecular weight excluding hydrogens is 362 g/mol. The van der Waals surface area contributed by atoms with E-state index < -0.39 is 5.92 Å². The maximum atomic E-state index is 12.7. The molecule has 0 saturated carbocycles. The van der Waals surface area contributed by atoms with Gasteiger partial charge in [0.2, 0.25) is 0 Å². The van der Waals surface area contributed by atoms with Gasteiger partial charge in [0, 0.05) is 25.5 Å². The maximum absolute atomic E-state index is 12.7. The summed E-state index contributed by atoms with van der Waals surface area (Å²) in [5.74, 6) is -0.913. The molecule has 0 radical (unpaired) electrons. The molecule has 0 saturated heterocycles. The van der Waals surface area contributed by atoms with Gasteiger partial charge < -0.3 is 4.57 Å². The normalized spacial score (nSPS) is 11.9. The molecule has 0 aliphatic carbocycles. The standard InChI is InChI=1S/C24H25N3O2/c1-3-4-7-17-10-12-18(13-11-17)22(28)14-15-23(29)19(16-25)24-26-20-8-5-6-9-21(20)27(24)2/h5-6,8-13,19H,3-4,7,14-15H2,1-2H3. The van der Waals surface area contributed by atoms with E-state index in [1.54, 1.807) is 11.6 Å². The molecule has 3 aromatic rings. The second kappa shape index (κ2) is 9.29. The minimum absolute atomic E-state index is 0.0256. The number of carbonyl (C=O) groups excluding carboxylic acids is 2. The third-order valence-corrected chi connectivity index (χ3v) is 5.22. The molecule has 1 aromatic heterocycles. The number of carbonyl (C=O) groups is 2. The molecule has 0 spiro atoms. The van der Waals surface area contributed by atoms with Crippen molar-refractivity contribution in [2.75, 3.05) is 0 Å². The predicted molar refractivity (Wildman–Crippen MR) is 113 cm³/mol. The van der Waals surface area contributed by atoms with Gasteiger partial charge in [-0.05, 0) is 30.5 Å². The molecular formula is C24H25N3O2. The fraction of sp³-hybridized carbons (Fsp3) is 0.333. The Morgan fingerprint density at radius 1 is 1.10 bits per heavy atom. The van der Waals surface area contributed by atoms with Gasteiger partial charge in [-0.2, -0.15) is 5.26 Å². The Balaban J connectivity index is 1.66. The Bertz CT molecular complexity index is 1060. The molecule has 148 valence electrons. The van der Waals surface area contributed by atoms with Crippen molar-refractivity contribution in [3.63, 3.8) is 0 Å². The van der Waals surface area contributed by atoms with Crippen LogP contribution in [0.15, 0.2) is 48.5 Å². The quantitative estimate of drug-likeness (QED) is 0.496. The van der Waals surface area contributed by atoms with E-state index in [-0.39, 0.29) is 24.4 Å². The molecule has 0 aliphatic heterocycles. The lowest BCUT2D eigenvalue weighted by Crippen LogP contribution is -2.16. The van der Waals surface area contributed by atoms with Crippen molar-refractivity contribution in [3.05, 3.63) is 65.5 Å². The maximum Gasteiger partial charge on any atom is 0.163 e. The van der Waals surface area contributed by atoms with Crippen LogP contribution in [0, 0.1) is 11.3 Å². The molecule has 1 unspecified atom stereocenters. The Morgan fingerprint density at radius 3 is 2.48 bits per heavy atom. The van der Waals surface area contributed by atoms with Gasteiger partial charge in [0.25, 0.3) is 0 Å². The van der Waals surface area contributed by atoms with Crippen LogP contribution in [-0.4, -0.2) is 21.1 Å². The van der Waals surface area contributed by atoms with Gasteiger partial charge in [-0.15, -0.1) is 0 Å². The lowest BCUT2D eigenvalue weighted by atomic mass is 9.97. The van der Waals surface area contributed by atoms with E-state index in [2.05, 4.69) is 18.0 Å². The summed E-state index contributed by atoms with van der Waals surface area (Å²) < 4.78 is 1.78. The van der Waals surface area contributed by atoms with Crippen LogP contribution in [0.3, 0.4) is 0 Å². The van der Waals surface area contributed by atoms with E-state index in [1.807, 2.05) is 48.5 Å². The zero-order valence-corrected chi connectivity index (χ0v) is 16.9. The summed E-state index contributed by atoms with van der Waals surface area (Å²) in [5.41, 5.74) is 3.44. The molecule has 29 heavy (non-hydrogen) atoms. The molecule has 1 heterocycles. The van der Waals surface area contributed by atoms with Crippen molar-refractivity contribution in [2.24, 2.45) is 7.05 Å². The lowest BCUT2D eigenvalue weighted by molar-refractivity contribution is -0.119. The Hall–Kier alpha value is -3.26. The van der Waals surface area contributed by atoms with Crippen LogP contribution in [0.5, 0.6) is 0 Å². The number of Topliss-reactive ketones (excluding diaryl/α,β-unsaturated/α-hetero) is 2. The average molecular weight is 387 g/mol. The number of rotatable bonds is 9. The SMILES string of the molecule is CCCCc1ccc(C(=O)CCC(=O)C(C#N)c2nc3ccccc3n2C)cc1. The first-order valence-corrected chi connectivity index (χ1v) is 10.0. The zero-order valence-electron chi connectivity index (χ0n) is 16.9. The van der Waals surface area contributed by atoms with E-state index in [4.69, 9.17) is 0 Å². The number of aromatic nitrogens is 2. The van der Waals surface area contributed by atoms with Crippen LogP contribution in [0.1, 0.15) is 60.3 Å². The zero-order chi connectivity index (χ0) is 20.8. The summed E-state index contributed by atoms with van der Waals surface area (Å²) in [7, 11) is 1.80. The van der Waals surface area contributed by atoms with Gasteiger partial charge in [-0.25, -0.2) is 4.98 Å². The predicted octanol–water partition coefficient (Wildman–Crippen LogP) is 4.76. The van der Waals surface area contributed by atoms with Gasteiger partial charge in [0.15, 0.2) is 17.5 Å². The van der Waals surface area contributed by atoms with E-state index in [0.29, 0.717) is 11.4 Å². The summed E-state index contributed by atoms with van der Waals surface area (Å²) in [6.45, 7) is 2.15. The number of hydrogen-bond acceptors (Lipinski definition) is 4. The van der Waals surface area contributed by atoms with E-state index in [0.717, 1.165) is 30.3 Å². The first kappa shape index (κ1) is 20.5. The topological polar surface area (TPSA) is 75.8 Å². The molecule has 0 bridgehead atoms. The fourth-order valence-electron chi connectivity index (χ4n) is 3.46. The molecule has 5 heteroatoms. The van der Waals surface area contributed by atoms with Crippen molar-refractivity contribution < 1.29 is 9.59 Å². The lowest BCUT2D eigenvalue weighted by Gasteiger charge is -2.09. The van der Waals surface area contributed by atoms with E-state index in [1.165, 1.54) is 5.56 Å². The molecule has 5 nitrogen and oxygen atoms in total. The Labute approximate surface area is 171 Å². The van der Waals surface area contributed by atoms with Crippen LogP contribution in [0.25, 0.3) is 11.0 Å². The largest absolute Gasteiger partial charge is 0.330 e. The molecule has 0 N–H and O–H groups in total. The van der Waals surface area contributed by atoms with Gasteiger partial charge >= 0.3 is 0 Å². The average Bonchev–Trinajstić information content (AvgIpc) is 3.08. The second-order valence-corrected chi connectivity index (χ2v) is 7.27.